The van der Waals surface area contributed by atoms with Gasteiger partial charge in [0.1, 0.15) is 5.82 Å². The van der Waals surface area contributed by atoms with E-state index in [1.807, 2.05) is 11.4 Å². The van der Waals surface area contributed by atoms with Crippen molar-refractivity contribution in [2.24, 2.45) is 0 Å². The van der Waals surface area contributed by atoms with E-state index in [9.17, 15) is 9.59 Å². The molecule has 3 aromatic heterocycles. The number of hydrogen-bond acceptors (Lipinski definition) is 7. The molecular formula is C21H17N5O3S. The van der Waals surface area contributed by atoms with Crippen molar-refractivity contribution in [1.82, 2.24) is 24.5 Å². The molecule has 0 unspecified atom stereocenters. The van der Waals surface area contributed by atoms with Crippen molar-refractivity contribution in [3.63, 3.8) is 0 Å². The van der Waals surface area contributed by atoms with Crippen LogP contribution in [0.1, 0.15) is 24.4 Å². The van der Waals surface area contributed by atoms with E-state index in [1.54, 1.807) is 48.8 Å². The van der Waals surface area contributed by atoms with Crippen LogP contribution in [-0.2, 0) is 11.3 Å². The van der Waals surface area contributed by atoms with Crippen LogP contribution >= 0.6 is 11.3 Å². The van der Waals surface area contributed by atoms with E-state index in [0.29, 0.717) is 39.7 Å². The van der Waals surface area contributed by atoms with E-state index >= 15 is 0 Å². The molecule has 0 amide bonds. The number of carboxylic acids is 1. The molecule has 1 N–H and O–H groups in total. The van der Waals surface area contributed by atoms with Crippen molar-refractivity contribution in [2.75, 3.05) is 0 Å². The summed E-state index contributed by atoms with van der Waals surface area (Å²) in [5.41, 5.74) is 1.09. The zero-order valence-electron chi connectivity index (χ0n) is 15.8. The molecule has 8 nitrogen and oxygen atoms in total. The van der Waals surface area contributed by atoms with Crippen molar-refractivity contribution in [3.8, 4) is 10.8 Å². The minimum atomic E-state index is -0.896. The third-order valence-corrected chi connectivity index (χ3v) is 5.20. The number of thiazole rings is 1. The van der Waals surface area contributed by atoms with Crippen LogP contribution in [0.15, 0.2) is 52.9 Å². The van der Waals surface area contributed by atoms with E-state index in [4.69, 9.17) is 5.11 Å². The average molecular weight is 419 g/mol. The van der Waals surface area contributed by atoms with Gasteiger partial charge in [-0.25, -0.2) is 19.9 Å². The summed E-state index contributed by atoms with van der Waals surface area (Å²) in [6, 6.07) is 8.85. The lowest BCUT2D eigenvalue weighted by Crippen LogP contribution is -2.24. The first-order chi connectivity index (χ1) is 14.6. The van der Waals surface area contributed by atoms with Crippen LogP contribution in [0, 0.1) is 0 Å². The molecule has 0 saturated carbocycles. The van der Waals surface area contributed by atoms with E-state index in [-0.39, 0.29) is 18.5 Å². The highest BCUT2D eigenvalue weighted by molar-refractivity contribution is 7.13. The van der Waals surface area contributed by atoms with Crippen LogP contribution in [0.5, 0.6) is 0 Å². The van der Waals surface area contributed by atoms with Crippen molar-refractivity contribution >= 4 is 40.4 Å². The molecule has 3 heterocycles. The summed E-state index contributed by atoms with van der Waals surface area (Å²) in [6.45, 7) is 0.267. The highest BCUT2D eigenvalue weighted by Gasteiger charge is 2.10. The Balaban J connectivity index is 1.68. The van der Waals surface area contributed by atoms with Crippen LogP contribution in [-0.4, -0.2) is 35.6 Å². The Hall–Kier alpha value is -3.72. The summed E-state index contributed by atoms with van der Waals surface area (Å²) in [6.07, 6.45) is 7.13. The lowest BCUT2D eigenvalue weighted by molar-refractivity contribution is -0.137. The molecule has 0 radical (unpaired) electrons. The number of carbonyl (C=O) groups is 1. The molecule has 0 saturated heterocycles. The number of para-hydroxylation sites is 1. The Kier molecular flexibility index (Phi) is 5.71. The number of benzene rings is 1. The lowest BCUT2D eigenvalue weighted by atomic mass is 10.2. The number of aliphatic carboxylic acids is 1. The second-order valence-electron chi connectivity index (χ2n) is 6.42. The molecule has 0 atom stereocenters. The standard InChI is InChI=1S/C21H17N5O3S/c27-18(28)7-3-12-26-17(25-16-6-2-1-5-15(16)21(26)29)9-8-14-13-30-20(24-14)19-22-10-4-11-23-19/h1-2,4-6,8-11,13H,3,7,12H2,(H,27,28)/b9-8-. The van der Waals surface area contributed by atoms with Crippen LogP contribution in [0.25, 0.3) is 33.9 Å². The van der Waals surface area contributed by atoms with Gasteiger partial charge >= 0.3 is 5.97 Å². The zero-order valence-corrected chi connectivity index (χ0v) is 16.6. The largest absolute Gasteiger partial charge is 0.481 e. The first-order valence-corrected chi connectivity index (χ1v) is 10.1. The van der Waals surface area contributed by atoms with Crippen LogP contribution in [0.3, 0.4) is 0 Å². The zero-order chi connectivity index (χ0) is 20.9. The second-order valence-corrected chi connectivity index (χ2v) is 7.28. The molecule has 30 heavy (non-hydrogen) atoms. The predicted molar refractivity (Wildman–Crippen MR) is 115 cm³/mol. The summed E-state index contributed by atoms with van der Waals surface area (Å²) in [4.78, 5) is 41.3. The molecule has 150 valence electrons. The maximum Gasteiger partial charge on any atom is 0.303 e. The molecular weight excluding hydrogens is 402 g/mol. The van der Waals surface area contributed by atoms with Gasteiger partial charge in [-0.3, -0.25) is 14.2 Å². The van der Waals surface area contributed by atoms with Crippen LogP contribution in [0.2, 0.25) is 0 Å². The van der Waals surface area contributed by atoms with Gasteiger partial charge in [0.05, 0.1) is 16.6 Å². The fourth-order valence-corrected chi connectivity index (χ4v) is 3.68. The molecule has 0 aliphatic carbocycles. The molecule has 1 aromatic carbocycles. The third kappa shape index (κ3) is 4.31. The van der Waals surface area contributed by atoms with Crippen LogP contribution < -0.4 is 5.56 Å². The molecule has 4 aromatic rings. The van der Waals surface area contributed by atoms with Gasteiger partial charge in [0, 0.05) is 30.7 Å². The normalized spacial score (nSPS) is 11.3. The summed E-state index contributed by atoms with van der Waals surface area (Å²) >= 11 is 1.42. The Morgan fingerprint density at radius 1 is 1.10 bits per heavy atom. The Bertz CT molecular complexity index is 1280. The first-order valence-electron chi connectivity index (χ1n) is 9.24. The second kappa shape index (κ2) is 8.75. The first kappa shape index (κ1) is 19.6. The number of rotatable bonds is 7. The van der Waals surface area contributed by atoms with E-state index in [1.165, 1.54) is 15.9 Å². The number of fused-ring (bicyclic) bond motifs is 1. The quantitative estimate of drug-likeness (QED) is 0.489. The van der Waals surface area contributed by atoms with Gasteiger partial charge < -0.3 is 5.11 Å². The molecule has 4 rings (SSSR count). The highest BCUT2D eigenvalue weighted by atomic mass is 32.1. The third-order valence-electron chi connectivity index (χ3n) is 4.35. The molecule has 0 aliphatic rings. The molecule has 0 spiro atoms. The van der Waals surface area contributed by atoms with Crippen molar-refractivity contribution in [2.45, 2.75) is 19.4 Å². The lowest BCUT2D eigenvalue weighted by Gasteiger charge is -2.10. The minimum Gasteiger partial charge on any atom is -0.481 e. The highest BCUT2D eigenvalue weighted by Crippen LogP contribution is 2.21. The smallest absolute Gasteiger partial charge is 0.303 e. The summed E-state index contributed by atoms with van der Waals surface area (Å²) in [5.74, 6) is 0.109. The monoisotopic (exact) mass is 419 g/mol. The van der Waals surface area contributed by atoms with Crippen molar-refractivity contribution in [3.05, 3.63) is 70.0 Å². The SMILES string of the molecule is O=C(O)CCCn1c(/C=C\c2csc(-c3ncccn3)n2)nc2ccccc2c1=O. The molecule has 0 bridgehead atoms. The van der Waals surface area contributed by atoms with Gasteiger partial charge in [0.25, 0.3) is 5.56 Å². The van der Waals surface area contributed by atoms with Gasteiger partial charge in [-0.2, -0.15) is 0 Å². The number of nitrogens with zero attached hydrogens (tertiary/aromatic N) is 5. The molecule has 0 aliphatic heterocycles. The summed E-state index contributed by atoms with van der Waals surface area (Å²) < 4.78 is 1.51. The summed E-state index contributed by atoms with van der Waals surface area (Å²) in [7, 11) is 0. The van der Waals surface area contributed by atoms with Gasteiger partial charge in [-0.05, 0) is 36.8 Å². The Morgan fingerprint density at radius 2 is 1.90 bits per heavy atom. The van der Waals surface area contributed by atoms with Crippen LogP contribution in [0.4, 0.5) is 0 Å². The maximum absolute atomic E-state index is 12.9. The maximum atomic E-state index is 12.9. The van der Waals surface area contributed by atoms with E-state index in [2.05, 4.69) is 19.9 Å². The van der Waals surface area contributed by atoms with Gasteiger partial charge in [-0.15, -0.1) is 11.3 Å². The van der Waals surface area contributed by atoms with E-state index in [0.717, 1.165) is 0 Å². The van der Waals surface area contributed by atoms with Crippen molar-refractivity contribution in [1.29, 1.82) is 0 Å². The topological polar surface area (TPSA) is 111 Å². The Labute approximate surface area is 175 Å². The van der Waals surface area contributed by atoms with Crippen molar-refractivity contribution < 1.29 is 9.90 Å². The van der Waals surface area contributed by atoms with Gasteiger partial charge in [-0.1, -0.05) is 12.1 Å². The van der Waals surface area contributed by atoms with Gasteiger partial charge in [0.2, 0.25) is 0 Å². The fraction of sp³-hybridized carbons (Fsp3) is 0.143. The predicted octanol–water partition coefficient (Wildman–Crippen LogP) is 3.35. The number of hydrogen-bond donors (Lipinski definition) is 1. The minimum absolute atomic E-state index is 0.0189. The van der Waals surface area contributed by atoms with E-state index < -0.39 is 5.97 Å². The van der Waals surface area contributed by atoms with Gasteiger partial charge in [0.15, 0.2) is 10.8 Å². The Morgan fingerprint density at radius 3 is 2.70 bits per heavy atom. The summed E-state index contributed by atoms with van der Waals surface area (Å²) in [5, 5.41) is 12.0. The fourth-order valence-electron chi connectivity index (χ4n) is 2.95. The molecule has 0 fully saturated rings. The number of aromatic nitrogens is 5. The molecule has 9 heteroatoms. The number of carboxylic acid groups (broad SMARTS) is 1. The average Bonchev–Trinajstić information content (AvgIpc) is 3.23.